The van der Waals surface area contributed by atoms with Crippen molar-refractivity contribution in [2.24, 2.45) is 5.10 Å². The van der Waals surface area contributed by atoms with E-state index in [0.29, 0.717) is 28.0 Å². The van der Waals surface area contributed by atoms with Crippen molar-refractivity contribution < 1.29 is 28.6 Å². The summed E-state index contributed by atoms with van der Waals surface area (Å²) in [7, 11) is 3.00. The number of amides is 2. The number of carbonyl (C=O) groups is 3. The molecule has 0 aliphatic carbocycles. The Hall–Kier alpha value is -3.53. The third-order valence-electron chi connectivity index (χ3n) is 4.24. The molecule has 1 N–H and O–H groups in total. The number of hydrogen-bond donors (Lipinski definition) is 1. The first-order valence-corrected chi connectivity index (χ1v) is 10.1. The Balaban J connectivity index is 1.72. The van der Waals surface area contributed by atoms with Crippen molar-refractivity contribution in [3.8, 4) is 17.2 Å². The van der Waals surface area contributed by atoms with Gasteiger partial charge in [0.2, 0.25) is 11.8 Å². The summed E-state index contributed by atoms with van der Waals surface area (Å²) in [4.78, 5) is 35.7. The topological polar surface area (TPSA) is 107 Å². The molecule has 2 aromatic carbocycles. The molecule has 0 saturated heterocycles. The zero-order valence-corrected chi connectivity index (χ0v) is 18.2. The molecule has 0 unspecified atom stereocenters. The van der Waals surface area contributed by atoms with Gasteiger partial charge in [0.15, 0.2) is 16.7 Å². The summed E-state index contributed by atoms with van der Waals surface area (Å²) >= 11 is 1.24. The molecular weight excluding hydrogens is 422 g/mol. The Kier molecular flexibility index (Phi) is 6.81. The summed E-state index contributed by atoms with van der Waals surface area (Å²) in [5.41, 5.74) is 1.07. The zero-order valence-electron chi connectivity index (χ0n) is 17.4. The second-order valence-corrected chi connectivity index (χ2v) is 7.52. The minimum absolute atomic E-state index is 0.262. The van der Waals surface area contributed by atoms with E-state index < -0.39 is 11.3 Å². The second kappa shape index (κ2) is 9.52. The van der Waals surface area contributed by atoms with Gasteiger partial charge < -0.3 is 19.5 Å². The summed E-state index contributed by atoms with van der Waals surface area (Å²) in [6.45, 7) is 2.77. The molecule has 0 fully saturated rings. The van der Waals surface area contributed by atoms with E-state index in [-0.39, 0.29) is 11.8 Å². The highest BCUT2D eigenvalue weighted by atomic mass is 32.2. The largest absolute Gasteiger partial charge is 0.493 e. The maximum absolute atomic E-state index is 12.5. The smallest absolute Gasteiger partial charge is 0.343 e. The lowest BCUT2D eigenvalue weighted by molar-refractivity contribution is -0.129. The summed E-state index contributed by atoms with van der Waals surface area (Å²) < 4.78 is 15.8. The van der Waals surface area contributed by atoms with E-state index in [1.165, 1.54) is 50.9 Å². The van der Waals surface area contributed by atoms with Gasteiger partial charge in [-0.1, -0.05) is 23.9 Å². The SMILES string of the molecule is COc1ccc(C(=O)Oc2ccc([C@@H]3SC(NC(C)=O)=NN3C(C)=O)cc2)cc1OC. The van der Waals surface area contributed by atoms with Crippen LogP contribution in [0.1, 0.15) is 35.1 Å². The van der Waals surface area contributed by atoms with Gasteiger partial charge >= 0.3 is 5.97 Å². The number of esters is 1. The number of hydrazone groups is 1. The van der Waals surface area contributed by atoms with Gasteiger partial charge in [0.25, 0.3) is 0 Å². The Morgan fingerprint density at radius 2 is 1.68 bits per heavy atom. The van der Waals surface area contributed by atoms with Gasteiger partial charge in [0.05, 0.1) is 19.8 Å². The van der Waals surface area contributed by atoms with E-state index in [0.717, 1.165) is 5.56 Å². The Morgan fingerprint density at radius 1 is 1.00 bits per heavy atom. The predicted molar refractivity (Wildman–Crippen MR) is 115 cm³/mol. The summed E-state index contributed by atoms with van der Waals surface area (Å²) in [5.74, 6) is 0.183. The van der Waals surface area contributed by atoms with Crippen LogP contribution in [0.4, 0.5) is 0 Å². The van der Waals surface area contributed by atoms with Crippen LogP contribution in [0, 0.1) is 0 Å². The Labute approximate surface area is 183 Å². The van der Waals surface area contributed by atoms with E-state index >= 15 is 0 Å². The highest BCUT2D eigenvalue weighted by molar-refractivity contribution is 8.14. The fourth-order valence-corrected chi connectivity index (χ4v) is 3.95. The molecule has 0 saturated carbocycles. The lowest BCUT2D eigenvalue weighted by Crippen LogP contribution is -2.25. The third kappa shape index (κ3) is 5.15. The summed E-state index contributed by atoms with van der Waals surface area (Å²) in [5, 5.41) is 7.94. The number of nitrogens with zero attached hydrogens (tertiary/aromatic N) is 2. The first-order chi connectivity index (χ1) is 14.8. The van der Waals surface area contributed by atoms with Crippen molar-refractivity contribution in [1.82, 2.24) is 10.3 Å². The number of methoxy groups -OCH3 is 2. The quantitative estimate of drug-likeness (QED) is 0.559. The van der Waals surface area contributed by atoms with Crippen LogP contribution in [0.2, 0.25) is 0 Å². The maximum Gasteiger partial charge on any atom is 0.343 e. The minimum Gasteiger partial charge on any atom is -0.493 e. The molecule has 2 aromatic rings. The average molecular weight is 443 g/mol. The number of rotatable bonds is 5. The number of nitrogens with one attached hydrogen (secondary N) is 1. The van der Waals surface area contributed by atoms with Crippen LogP contribution in [0.3, 0.4) is 0 Å². The molecule has 1 aliphatic rings. The lowest BCUT2D eigenvalue weighted by atomic mass is 10.2. The van der Waals surface area contributed by atoms with Gasteiger partial charge in [-0.25, -0.2) is 9.80 Å². The van der Waals surface area contributed by atoms with E-state index in [4.69, 9.17) is 14.2 Å². The average Bonchev–Trinajstić information content (AvgIpc) is 3.17. The van der Waals surface area contributed by atoms with E-state index in [2.05, 4.69) is 10.4 Å². The van der Waals surface area contributed by atoms with Crippen molar-refractivity contribution >= 4 is 34.7 Å². The fraction of sp³-hybridized carbons (Fsp3) is 0.238. The van der Waals surface area contributed by atoms with Gasteiger partial charge in [-0.15, -0.1) is 5.10 Å². The predicted octanol–water partition coefficient (Wildman–Crippen LogP) is 2.92. The van der Waals surface area contributed by atoms with Gasteiger partial charge in [-0.2, -0.15) is 0 Å². The molecule has 1 heterocycles. The molecule has 0 spiro atoms. The number of carbonyl (C=O) groups excluding carboxylic acids is 3. The molecule has 3 rings (SSSR count). The minimum atomic E-state index is -0.550. The van der Waals surface area contributed by atoms with Crippen LogP contribution in [0.15, 0.2) is 47.6 Å². The van der Waals surface area contributed by atoms with Crippen LogP contribution in [-0.2, 0) is 9.59 Å². The van der Waals surface area contributed by atoms with Crippen LogP contribution in [0.5, 0.6) is 17.2 Å². The Bertz CT molecular complexity index is 1040. The molecule has 9 nitrogen and oxygen atoms in total. The first kappa shape index (κ1) is 22.2. The number of amidine groups is 1. The molecule has 162 valence electrons. The molecule has 0 aromatic heterocycles. The molecule has 0 radical (unpaired) electrons. The van der Waals surface area contributed by atoms with E-state index in [1.807, 2.05) is 0 Å². The van der Waals surface area contributed by atoms with Gasteiger partial charge in [0, 0.05) is 13.8 Å². The first-order valence-electron chi connectivity index (χ1n) is 9.19. The van der Waals surface area contributed by atoms with Gasteiger partial charge in [-0.3, -0.25) is 9.59 Å². The van der Waals surface area contributed by atoms with Crippen LogP contribution in [0.25, 0.3) is 0 Å². The van der Waals surface area contributed by atoms with E-state index in [9.17, 15) is 14.4 Å². The number of thioether (sulfide) groups is 1. The van der Waals surface area contributed by atoms with Gasteiger partial charge in [-0.05, 0) is 35.9 Å². The number of benzene rings is 2. The second-order valence-electron chi connectivity index (χ2n) is 6.45. The van der Waals surface area contributed by atoms with Crippen molar-refractivity contribution in [2.45, 2.75) is 19.2 Å². The number of ether oxygens (including phenoxy) is 3. The molecule has 2 amide bonds. The molecule has 31 heavy (non-hydrogen) atoms. The standard InChI is InChI=1S/C21H21N3O6S/c1-12(25)22-21-23-24(13(2)26)19(31-21)14-5-8-16(9-6-14)30-20(27)15-7-10-17(28-3)18(11-15)29-4/h5-11,19H,1-4H3,(H,22,23,25)/t19-/m0/s1. The zero-order chi connectivity index (χ0) is 22.5. The maximum atomic E-state index is 12.5. The molecule has 1 aliphatic heterocycles. The summed E-state index contributed by atoms with van der Waals surface area (Å²) in [6, 6.07) is 11.5. The van der Waals surface area contributed by atoms with Crippen molar-refractivity contribution in [3.05, 3.63) is 53.6 Å². The fourth-order valence-electron chi connectivity index (χ4n) is 2.81. The monoisotopic (exact) mass is 443 g/mol. The summed E-state index contributed by atoms with van der Waals surface area (Å²) in [6.07, 6.45) is 0. The van der Waals surface area contributed by atoms with Crippen molar-refractivity contribution in [2.75, 3.05) is 14.2 Å². The van der Waals surface area contributed by atoms with Crippen LogP contribution in [-0.4, -0.2) is 42.2 Å². The molecule has 1 atom stereocenters. The Morgan fingerprint density at radius 3 is 2.26 bits per heavy atom. The van der Waals surface area contributed by atoms with Crippen LogP contribution >= 0.6 is 11.8 Å². The molecular formula is C21H21N3O6S. The third-order valence-corrected chi connectivity index (χ3v) is 5.35. The molecule has 10 heteroatoms. The van der Waals surface area contributed by atoms with Crippen LogP contribution < -0.4 is 19.5 Å². The normalized spacial score (nSPS) is 15.2. The van der Waals surface area contributed by atoms with Crippen molar-refractivity contribution in [1.29, 1.82) is 0 Å². The highest BCUT2D eigenvalue weighted by Crippen LogP contribution is 2.39. The van der Waals surface area contributed by atoms with E-state index in [1.54, 1.807) is 36.4 Å². The van der Waals surface area contributed by atoms with Gasteiger partial charge in [0.1, 0.15) is 11.1 Å². The lowest BCUT2D eigenvalue weighted by Gasteiger charge is -2.19. The van der Waals surface area contributed by atoms with Crippen molar-refractivity contribution in [3.63, 3.8) is 0 Å². The number of hydrogen-bond acceptors (Lipinski definition) is 8. The highest BCUT2D eigenvalue weighted by Gasteiger charge is 2.32. The molecule has 0 bridgehead atoms.